The largest absolute Gasteiger partial charge is 0.397 e. The maximum absolute atomic E-state index is 6.09. The molecule has 1 fully saturated rings. The summed E-state index contributed by atoms with van der Waals surface area (Å²) in [5.41, 5.74) is 7.78. The minimum Gasteiger partial charge on any atom is -0.397 e. The summed E-state index contributed by atoms with van der Waals surface area (Å²) in [6.07, 6.45) is 2.38. The highest BCUT2D eigenvalue weighted by Gasteiger charge is 2.26. The normalized spacial score (nSPS) is 19.8. The molecule has 1 aliphatic heterocycles. The van der Waals surface area contributed by atoms with E-state index in [9.17, 15) is 0 Å². The van der Waals surface area contributed by atoms with Gasteiger partial charge in [0.25, 0.3) is 0 Å². The molecule has 0 aliphatic carbocycles. The molecule has 0 aromatic heterocycles. The highest BCUT2D eigenvalue weighted by Crippen LogP contribution is 2.36. The van der Waals surface area contributed by atoms with Gasteiger partial charge in [0, 0.05) is 19.1 Å². The van der Waals surface area contributed by atoms with Crippen molar-refractivity contribution in [2.45, 2.75) is 18.9 Å². The number of nitrogen functional groups attached to an aromatic ring is 1. The predicted molar refractivity (Wildman–Crippen MR) is 79.8 cm³/mol. The van der Waals surface area contributed by atoms with E-state index in [0.717, 1.165) is 18.8 Å². The SMILES string of the molecule is CN(C)CC1CCCN1c1cc(Cl)c(Cl)cc1N. The van der Waals surface area contributed by atoms with Gasteiger partial charge in [0.15, 0.2) is 0 Å². The fraction of sp³-hybridized carbons (Fsp3) is 0.538. The third-order valence-electron chi connectivity index (χ3n) is 3.33. The van der Waals surface area contributed by atoms with Crippen molar-refractivity contribution in [2.75, 3.05) is 37.8 Å². The molecule has 1 aliphatic rings. The van der Waals surface area contributed by atoms with Gasteiger partial charge in [-0.1, -0.05) is 23.2 Å². The van der Waals surface area contributed by atoms with Crippen LogP contribution in [-0.2, 0) is 0 Å². The smallest absolute Gasteiger partial charge is 0.0618 e. The summed E-state index contributed by atoms with van der Waals surface area (Å²) in [4.78, 5) is 4.55. The van der Waals surface area contributed by atoms with E-state index in [-0.39, 0.29) is 0 Å². The van der Waals surface area contributed by atoms with Crippen LogP contribution in [0.15, 0.2) is 12.1 Å². The Morgan fingerprint density at radius 1 is 1.33 bits per heavy atom. The molecule has 0 amide bonds. The molecule has 1 heterocycles. The van der Waals surface area contributed by atoms with Crippen LogP contribution in [0.2, 0.25) is 10.0 Å². The van der Waals surface area contributed by atoms with Gasteiger partial charge in [0.2, 0.25) is 0 Å². The number of halogens is 2. The Hall–Kier alpha value is -0.640. The molecule has 0 spiro atoms. The van der Waals surface area contributed by atoms with Crippen LogP contribution < -0.4 is 10.6 Å². The Labute approximate surface area is 118 Å². The first-order valence-electron chi connectivity index (χ1n) is 6.15. The van der Waals surface area contributed by atoms with Crippen LogP contribution in [0, 0.1) is 0 Å². The summed E-state index contributed by atoms with van der Waals surface area (Å²) in [7, 11) is 4.18. The number of likely N-dealkylation sites (N-methyl/N-ethyl adjacent to an activating group) is 1. The summed E-state index contributed by atoms with van der Waals surface area (Å²) < 4.78 is 0. The molecule has 1 aromatic carbocycles. The Morgan fingerprint density at radius 2 is 2.00 bits per heavy atom. The third kappa shape index (κ3) is 2.85. The lowest BCUT2D eigenvalue weighted by atomic mass is 10.2. The molecule has 0 bridgehead atoms. The number of nitrogens with zero attached hydrogens (tertiary/aromatic N) is 2. The van der Waals surface area contributed by atoms with Crippen molar-refractivity contribution in [3.05, 3.63) is 22.2 Å². The molecule has 5 heteroatoms. The van der Waals surface area contributed by atoms with Crippen LogP contribution in [0.25, 0.3) is 0 Å². The Kier molecular flexibility index (Phi) is 4.25. The molecule has 2 N–H and O–H groups in total. The first kappa shape index (κ1) is 13.8. The highest BCUT2D eigenvalue weighted by molar-refractivity contribution is 6.42. The van der Waals surface area contributed by atoms with Crippen molar-refractivity contribution >= 4 is 34.6 Å². The Balaban J connectivity index is 2.27. The van der Waals surface area contributed by atoms with E-state index in [2.05, 4.69) is 23.9 Å². The molecule has 18 heavy (non-hydrogen) atoms. The van der Waals surface area contributed by atoms with Gasteiger partial charge >= 0.3 is 0 Å². The third-order valence-corrected chi connectivity index (χ3v) is 4.05. The monoisotopic (exact) mass is 287 g/mol. The fourth-order valence-electron chi connectivity index (χ4n) is 2.56. The number of benzene rings is 1. The zero-order valence-corrected chi connectivity index (χ0v) is 12.3. The number of anilines is 2. The van der Waals surface area contributed by atoms with Crippen LogP contribution in [0.5, 0.6) is 0 Å². The molecule has 1 unspecified atom stereocenters. The van der Waals surface area contributed by atoms with Crippen molar-refractivity contribution < 1.29 is 0 Å². The quantitative estimate of drug-likeness (QED) is 0.867. The van der Waals surface area contributed by atoms with E-state index < -0.39 is 0 Å². The zero-order chi connectivity index (χ0) is 13.3. The lowest BCUT2D eigenvalue weighted by Crippen LogP contribution is -2.37. The molecule has 3 nitrogen and oxygen atoms in total. The fourth-order valence-corrected chi connectivity index (χ4v) is 2.89. The first-order chi connectivity index (χ1) is 8.49. The van der Waals surface area contributed by atoms with Crippen LogP contribution >= 0.6 is 23.2 Å². The average Bonchev–Trinajstić information content (AvgIpc) is 2.70. The molecular weight excluding hydrogens is 269 g/mol. The molecular formula is C13H19Cl2N3. The lowest BCUT2D eigenvalue weighted by molar-refractivity contribution is 0.372. The van der Waals surface area contributed by atoms with Gasteiger partial charge in [-0.3, -0.25) is 0 Å². The van der Waals surface area contributed by atoms with Gasteiger partial charge < -0.3 is 15.5 Å². The summed E-state index contributed by atoms with van der Waals surface area (Å²) in [5.74, 6) is 0. The van der Waals surface area contributed by atoms with E-state index in [1.54, 1.807) is 6.07 Å². The van der Waals surface area contributed by atoms with E-state index in [4.69, 9.17) is 28.9 Å². The predicted octanol–water partition coefficient (Wildman–Crippen LogP) is 3.11. The maximum Gasteiger partial charge on any atom is 0.0618 e. The van der Waals surface area contributed by atoms with Crippen molar-refractivity contribution in [1.82, 2.24) is 4.90 Å². The topological polar surface area (TPSA) is 32.5 Å². The zero-order valence-electron chi connectivity index (χ0n) is 10.8. The molecule has 100 valence electrons. The second-order valence-electron chi connectivity index (χ2n) is 5.08. The number of nitrogens with two attached hydrogens (primary N) is 1. The van der Waals surface area contributed by atoms with E-state index in [1.165, 1.54) is 12.8 Å². The molecule has 2 rings (SSSR count). The first-order valence-corrected chi connectivity index (χ1v) is 6.90. The molecule has 1 aromatic rings. The van der Waals surface area contributed by atoms with Gasteiger partial charge in [-0.25, -0.2) is 0 Å². The minimum absolute atomic E-state index is 0.500. The van der Waals surface area contributed by atoms with E-state index in [1.807, 2.05) is 6.07 Å². The van der Waals surface area contributed by atoms with Gasteiger partial charge in [0.05, 0.1) is 21.4 Å². The second-order valence-corrected chi connectivity index (χ2v) is 5.89. The molecule has 1 atom stereocenters. The Morgan fingerprint density at radius 3 is 2.67 bits per heavy atom. The van der Waals surface area contributed by atoms with E-state index >= 15 is 0 Å². The van der Waals surface area contributed by atoms with Crippen molar-refractivity contribution in [2.24, 2.45) is 0 Å². The van der Waals surface area contributed by atoms with Crippen LogP contribution in [0.1, 0.15) is 12.8 Å². The average molecular weight is 288 g/mol. The number of rotatable bonds is 3. The number of hydrogen-bond acceptors (Lipinski definition) is 3. The maximum atomic E-state index is 6.09. The lowest BCUT2D eigenvalue weighted by Gasteiger charge is -2.30. The van der Waals surface area contributed by atoms with Crippen molar-refractivity contribution in [3.63, 3.8) is 0 Å². The summed E-state index contributed by atoms with van der Waals surface area (Å²) in [6, 6.07) is 4.12. The van der Waals surface area contributed by atoms with Gasteiger partial charge in [0.1, 0.15) is 0 Å². The van der Waals surface area contributed by atoms with Gasteiger partial charge in [-0.15, -0.1) is 0 Å². The molecule has 0 saturated carbocycles. The van der Waals surface area contributed by atoms with Crippen LogP contribution in [0.3, 0.4) is 0 Å². The van der Waals surface area contributed by atoms with E-state index in [0.29, 0.717) is 21.8 Å². The second kappa shape index (κ2) is 5.55. The van der Waals surface area contributed by atoms with Crippen molar-refractivity contribution in [3.8, 4) is 0 Å². The summed E-state index contributed by atoms with van der Waals surface area (Å²) >= 11 is 12.1. The standard InChI is InChI=1S/C13H19Cl2N3/c1-17(2)8-9-4-3-5-18(9)13-7-11(15)10(14)6-12(13)16/h6-7,9H,3-5,8,16H2,1-2H3. The van der Waals surface area contributed by atoms with Crippen LogP contribution in [-0.4, -0.2) is 38.1 Å². The van der Waals surface area contributed by atoms with Crippen molar-refractivity contribution in [1.29, 1.82) is 0 Å². The van der Waals surface area contributed by atoms with Gasteiger partial charge in [-0.2, -0.15) is 0 Å². The summed E-state index contributed by atoms with van der Waals surface area (Å²) in [5, 5.41) is 1.08. The minimum atomic E-state index is 0.500. The van der Waals surface area contributed by atoms with Gasteiger partial charge in [-0.05, 0) is 39.1 Å². The molecule has 0 radical (unpaired) electrons. The summed E-state index contributed by atoms with van der Waals surface area (Å²) in [6.45, 7) is 2.06. The molecule has 1 saturated heterocycles. The Bertz CT molecular complexity index is 434. The van der Waals surface area contributed by atoms with Crippen LogP contribution in [0.4, 0.5) is 11.4 Å². The number of hydrogen-bond donors (Lipinski definition) is 1. The highest BCUT2D eigenvalue weighted by atomic mass is 35.5.